The van der Waals surface area contributed by atoms with Gasteiger partial charge in [0.05, 0.1) is 6.10 Å². The maximum atomic E-state index is 5.33. The van der Waals surface area contributed by atoms with Crippen LogP contribution in [0.25, 0.3) is 0 Å². The molecule has 0 aromatic carbocycles. The summed E-state index contributed by atoms with van der Waals surface area (Å²) >= 11 is 0. The Morgan fingerprint density at radius 3 is 2.31 bits per heavy atom. The monoisotopic (exact) mass is 228 g/mol. The Morgan fingerprint density at radius 1 is 1.12 bits per heavy atom. The highest BCUT2D eigenvalue weighted by Crippen LogP contribution is 2.09. The fraction of sp³-hybridized carbons (Fsp3) is 1.00. The van der Waals surface area contributed by atoms with E-state index >= 15 is 0 Å². The minimum atomic E-state index is 0.281. The van der Waals surface area contributed by atoms with Crippen LogP contribution in [0.1, 0.15) is 40.0 Å². The van der Waals surface area contributed by atoms with E-state index in [9.17, 15) is 0 Å². The zero-order valence-electron chi connectivity index (χ0n) is 11.3. The number of rotatable bonds is 6. The van der Waals surface area contributed by atoms with Gasteiger partial charge in [0.15, 0.2) is 0 Å². The van der Waals surface area contributed by atoms with E-state index < -0.39 is 0 Å². The molecule has 0 amide bonds. The molecule has 0 aliphatic carbocycles. The molecular weight excluding hydrogens is 200 g/mol. The number of hydrogen-bond donors (Lipinski definition) is 1. The van der Waals surface area contributed by atoms with Crippen LogP contribution in [0.2, 0.25) is 0 Å². The van der Waals surface area contributed by atoms with Crippen LogP contribution >= 0.6 is 0 Å². The van der Waals surface area contributed by atoms with Crippen LogP contribution in [0.15, 0.2) is 0 Å². The summed E-state index contributed by atoms with van der Waals surface area (Å²) in [6.45, 7) is 10.3. The van der Waals surface area contributed by atoms with Crippen molar-refractivity contribution in [2.45, 2.75) is 58.2 Å². The first-order valence-corrected chi connectivity index (χ1v) is 6.64. The van der Waals surface area contributed by atoms with Crippen LogP contribution in [0, 0.1) is 0 Å². The fourth-order valence-electron chi connectivity index (χ4n) is 2.37. The Hall–Kier alpha value is -0.120. The highest BCUT2D eigenvalue weighted by molar-refractivity contribution is 4.76. The normalized spacial score (nSPS) is 24.0. The Morgan fingerprint density at radius 2 is 1.75 bits per heavy atom. The molecule has 1 aliphatic heterocycles. The highest BCUT2D eigenvalue weighted by Gasteiger charge is 2.17. The maximum absolute atomic E-state index is 5.33. The van der Waals surface area contributed by atoms with Crippen molar-refractivity contribution in [2.24, 2.45) is 0 Å². The fourth-order valence-corrected chi connectivity index (χ4v) is 2.37. The van der Waals surface area contributed by atoms with Gasteiger partial charge in [-0.25, -0.2) is 0 Å². The molecule has 1 fully saturated rings. The van der Waals surface area contributed by atoms with Crippen molar-refractivity contribution < 1.29 is 4.74 Å². The van der Waals surface area contributed by atoms with Gasteiger partial charge >= 0.3 is 0 Å². The van der Waals surface area contributed by atoms with Crippen LogP contribution in [0.3, 0.4) is 0 Å². The second kappa shape index (κ2) is 7.25. The third-order valence-corrected chi connectivity index (χ3v) is 3.60. The van der Waals surface area contributed by atoms with E-state index in [-0.39, 0.29) is 6.10 Å². The molecule has 3 atom stereocenters. The lowest BCUT2D eigenvalue weighted by Gasteiger charge is -2.31. The van der Waals surface area contributed by atoms with Gasteiger partial charge in [0.1, 0.15) is 0 Å². The summed E-state index contributed by atoms with van der Waals surface area (Å²) in [7, 11) is 1.78. The minimum absolute atomic E-state index is 0.281. The number of methoxy groups -OCH3 is 1. The lowest BCUT2D eigenvalue weighted by Crippen LogP contribution is -2.47. The van der Waals surface area contributed by atoms with Crippen molar-refractivity contribution in [1.29, 1.82) is 0 Å². The zero-order valence-corrected chi connectivity index (χ0v) is 11.3. The van der Waals surface area contributed by atoms with E-state index in [0.29, 0.717) is 12.1 Å². The summed E-state index contributed by atoms with van der Waals surface area (Å²) < 4.78 is 5.33. The summed E-state index contributed by atoms with van der Waals surface area (Å²) in [4.78, 5) is 2.57. The molecule has 0 spiro atoms. The van der Waals surface area contributed by atoms with Gasteiger partial charge in [0, 0.05) is 25.7 Å². The van der Waals surface area contributed by atoms with E-state index in [1.807, 2.05) is 0 Å². The third-order valence-electron chi connectivity index (χ3n) is 3.60. The molecule has 0 bridgehead atoms. The van der Waals surface area contributed by atoms with Crippen molar-refractivity contribution in [3.8, 4) is 0 Å². The lowest BCUT2D eigenvalue weighted by molar-refractivity contribution is 0.0817. The molecule has 1 saturated heterocycles. The van der Waals surface area contributed by atoms with Crippen molar-refractivity contribution in [3.05, 3.63) is 0 Å². The first-order chi connectivity index (χ1) is 7.63. The number of nitrogens with one attached hydrogen (secondary N) is 1. The maximum Gasteiger partial charge on any atom is 0.0693 e. The summed E-state index contributed by atoms with van der Waals surface area (Å²) in [5.74, 6) is 0. The van der Waals surface area contributed by atoms with Crippen molar-refractivity contribution in [1.82, 2.24) is 10.2 Å². The molecule has 3 heteroatoms. The van der Waals surface area contributed by atoms with Gasteiger partial charge in [-0.3, -0.25) is 0 Å². The van der Waals surface area contributed by atoms with Gasteiger partial charge in [-0.2, -0.15) is 0 Å². The Balaban J connectivity index is 2.20. The average molecular weight is 228 g/mol. The molecule has 1 heterocycles. The van der Waals surface area contributed by atoms with Gasteiger partial charge in [0.25, 0.3) is 0 Å². The predicted molar refractivity (Wildman–Crippen MR) is 68.8 cm³/mol. The van der Waals surface area contributed by atoms with Crippen LogP contribution < -0.4 is 5.32 Å². The second-order valence-corrected chi connectivity index (χ2v) is 5.16. The molecule has 0 aromatic rings. The molecule has 1 rings (SSSR count). The van der Waals surface area contributed by atoms with Crippen molar-refractivity contribution >= 4 is 0 Å². The molecule has 16 heavy (non-hydrogen) atoms. The molecule has 3 unspecified atom stereocenters. The average Bonchev–Trinajstić information content (AvgIpc) is 2.29. The van der Waals surface area contributed by atoms with Crippen LogP contribution in [-0.4, -0.2) is 49.8 Å². The van der Waals surface area contributed by atoms with Crippen LogP contribution in [-0.2, 0) is 4.74 Å². The standard InChI is InChI=1S/C13H28N2O/c1-11(14-12(2)13(3)16-4)10-15-8-6-5-7-9-15/h11-14H,5-10H2,1-4H3. The summed E-state index contributed by atoms with van der Waals surface area (Å²) in [6, 6.07) is 0.968. The second-order valence-electron chi connectivity index (χ2n) is 5.16. The third kappa shape index (κ3) is 4.81. The Kier molecular flexibility index (Phi) is 6.32. The summed E-state index contributed by atoms with van der Waals surface area (Å²) in [6.07, 6.45) is 4.44. The topological polar surface area (TPSA) is 24.5 Å². The van der Waals surface area contributed by atoms with E-state index in [1.165, 1.54) is 38.9 Å². The number of nitrogens with zero attached hydrogens (tertiary/aromatic N) is 1. The number of ether oxygens (including phenoxy) is 1. The molecule has 3 nitrogen and oxygen atoms in total. The highest BCUT2D eigenvalue weighted by atomic mass is 16.5. The molecule has 96 valence electrons. The van der Waals surface area contributed by atoms with Gasteiger partial charge < -0.3 is 15.0 Å². The van der Waals surface area contributed by atoms with E-state index in [4.69, 9.17) is 4.74 Å². The van der Waals surface area contributed by atoms with Crippen molar-refractivity contribution in [2.75, 3.05) is 26.7 Å². The van der Waals surface area contributed by atoms with Gasteiger partial charge in [-0.05, 0) is 46.7 Å². The molecule has 0 saturated carbocycles. The SMILES string of the molecule is COC(C)C(C)NC(C)CN1CCCCC1. The van der Waals surface area contributed by atoms with Crippen LogP contribution in [0.5, 0.6) is 0 Å². The van der Waals surface area contributed by atoms with Crippen LogP contribution in [0.4, 0.5) is 0 Å². The summed E-state index contributed by atoms with van der Waals surface area (Å²) in [5, 5.41) is 3.61. The lowest BCUT2D eigenvalue weighted by atomic mass is 10.1. The van der Waals surface area contributed by atoms with Gasteiger partial charge in [0.2, 0.25) is 0 Å². The number of likely N-dealkylation sites (tertiary alicyclic amines) is 1. The van der Waals surface area contributed by atoms with E-state index in [2.05, 4.69) is 31.0 Å². The molecule has 1 aliphatic rings. The first kappa shape index (κ1) is 13.9. The van der Waals surface area contributed by atoms with Gasteiger partial charge in [-0.1, -0.05) is 6.42 Å². The molecule has 1 N–H and O–H groups in total. The van der Waals surface area contributed by atoms with Gasteiger partial charge in [-0.15, -0.1) is 0 Å². The Labute approximate surface area is 101 Å². The molecular formula is C13H28N2O. The molecule has 0 radical (unpaired) electrons. The van der Waals surface area contributed by atoms with E-state index in [0.717, 1.165) is 0 Å². The smallest absolute Gasteiger partial charge is 0.0693 e. The first-order valence-electron chi connectivity index (χ1n) is 6.64. The molecule has 0 aromatic heterocycles. The summed E-state index contributed by atoms with van der Waals surface area (Å²) in [5.41, 5.74) is 0. The largest absolute Gasteiger partial charge is 0.380 e. The zero-order chi connectivity index (χ0) is 12.0. The number of piperidine rings is 1. The quantitative estimate of drug-likeness (QED) is 0.751. The van der Waals surface area contributed by atoms with E-state index in [1.54, 1.807) is 7.11 Å². The predicted octanol–water partition coefficient (Wildman–Crippen LogP) is 1.87. The van der Waals surface area contributed by atoms with Crippen molar-refractivity contribution in [3.63, 3.8) is 0 Å². The number of hydrogen-bond acceptors (Lipinski definition) is 3. The Bertz CT molecular complexity index is 177. The minimum Gasteiger partial charge on any atom is -0.380 e.